The summed E-state index contributed by atoms with van der Waals surface area (Å²) < 4.78 is 27.5. The number of nitrogens with one attached hydrogen (secondary N) is 1. The van der Waals surface area contributed by atoms with Gasteiger partial charge >= 0.3 is 0 Å². The van der Waals surface area contributed by atoms with Crippen LogP contribution in [0.5, 0.6) is 0 Å². The first kappa shape index (κ1) is 22.6. The van der Waals surface area contributed by atoms with Gasteiger partial charge in [-0.15, -0.1) is 0 Å². The van der Waals surface area contributed by atoms with Crippen molar-refractivity contribution < 1.29 is 18.1 Å². The van der Waals surface area contributed by atoms with Crippen LogP contribution in [0, 0.1) is 17.0 Å². The molecule has 0 bridgehead atoms. The summed E-state index contributed by atoms with van der Waals surface area (Å²) in [4.78, 5) is 23.1. The molecule has 0 aliphatic carbocycles. The molecule has 0 heterocycles. The van der Waals surface area contributed by atoms with Gasteiger partial charge in [0.25, 0.3) is 21.6 Å². The fourth-order valence-electron chi connectivity index (χ4n) is 2.97. The summed E-state index contributed by atoms with van der Waals surface area (Å²) >= 11 is 0. The van der Waals surface area contributed by atoms with Crippen molar-refractivity contribution in [2.45, 2.75) is 11.8 Å². The Balaban J connectivity index is 1.85. The van der Waals surface area contributed by atoms with Crippen LogP contribution < -0.4 is 9.73 Å². The molecule has 0 spiro atoms. The van der Waals surface area contributed by atoms with Crippen molar-refractivity contribution >= 4 is 33.5 Å². The van der Waals surface area contributed by atoms with Crippen molar-refractivity contribution in [3.63, 3.8) is 0 Å². The summed E-state index contributed by atoms with van der Waals surface area (Å²) in [6.07, 6.45) is 1.14. The van der Waals surface area contributed by atoms with E-state index in [0.29, 0.717) is 11.3 Å². The number of hydrogen-bond acceptors (Lipinski definition) is 6. The van der Waals surface area contributed by atoms with Crippen LogP contribution in [-0.4, -0.2) is 32.0 Å². The molecule has 164 valence electrons. The SMILES string of the molecule is Cc1ccccc1N(CC(=O)N/N=C/c1ccccc1[N+](=O)[O-])S(=O)(=O)c1ccccc1. The largest absolute Gasteiger partial charge is 0.278 e. The number of carbonyl (C=O) groups is 1. The van der Waals surface area contributed by atoms with Gasteiger partial charge in [0.2, 0.25) is 0 Å². The summed E-state index contributed by atoms with van der Waals surface area (Å²) in [6, 6.07) is 20.5. The molecule has 1 N–H and O–H groups in total. The molecule has 0 fully saturated rings. The van der Waals surface area contributed by atoms with Crippen molar-refractivity contribution in [1.29, 1.82) is 0 Å². The van der Waals surface area contributed by atoms with E-state index in [-0.39, 0.29) is 16.1 Å². The molecule has 0 atom stereocenters. The zero-order chi connectivity index (χ0) is 23.1. The van der Waals surface area contributed by atoms with Gasteiger partial charge in [0.15, 0.2) is 0 Å². The van der Waals surface area contributed by atoms with Crippen molar-refractivity contribution in [2.24, 2.45) is 5.10 Å². The molecule has 3 rings (SSSR count). The van der Waals surface area contributed by atoms with Crippen LogP contribution >= 0.6 is 0 Å². The number of benzene rings is 3. The molecule has 0 radical (unpaired) electrons. The summed E-state index contributed by atoms with van der Waals surface area (Å²) in [5.74, 6) is -0.706. The number of nitro benzene ring substituents is 1. The molecular weight excluding hydrogens is 432 g/mol. The highest BCUT2D eigenvalue weighted by molar-refractivity contribution is 7.92. The number of hydrogen-bond donors (Lipinski definition) is 1. The van der Waals surface area contributed by atoms with Gasteiger partial charge in [-0.1, -0.05) is 48.5 Å². The molecule has 3 aromatic rings. The van der Waals surface area contributed by atoms with Crippen LogP contribution in [0.25, 0.3) is 0 Å². The number of aryl methyl sites for hydroxylation is 1. The van der Waals surface area contributed by atoms with Crippen LogP contribution in [-0.2, 0) is 14.8 Å². The van der Waals surface area contributed by atoms with Gasteiger partial charge in [-0.3, -0.25) is 19.2 Å². The maximum Gasteiger partial charge on any atom is 0.278 e. The summed E-state index contributed by atoms with van der Waals surface area (Å²) in [5, 5.41) is 14.8. The van der Waals surface area contributed by atoms with E-state index >= 15 is 0 Å². The molecule has 32 heavy (non-hydrogen) atoms. The molecule has 0 aliphatic heterocycles. The maximum absolute atomic E-state index is 13.3. The van der Waals surface area contributed by atoms with E-state index in [9.17, 15) is 23.3 Å². The van der Waals surface area contributed by atoms with Gasteiger partial charge < -0.3 is 0 Å². The predicted molar refractivity (Wildman–Crippen MR) is 121 cm³/mol. The number of sulfonamides is 1. The zero-order valence-electron chi connectivity index (χ0n) is 17.1. The molecular formula is C22H20N4O5S. The predicted octanol–water partition coefficient (Wildman–Crippen LogP) is 3.25. The van der Waals surface area contributed by atoms with Crippen molar-refractivity contribution in [3.8, 4) is 0 Å². The molecule has 0 aromatic heterocycles. The Morgan fingerprint density at radius 2 is 1.66 bits per heavy atom. The Kier molecular flexibility index (Phi) is 6.96. The number of carbonyl (C=O) groups excluding carboxylic acids is 1. The average molecular weight is 452 g/mol. The first-order valence-electron chi connectivity index (χ1n) is 9.49. The van der Waals surface area contributed by atoms with E-state index in [1.807, 2.05) is 0 Å². The number of anilines is 1. The monoisotopic (exact) mass is 452 g/mol. The molecule has 0 saturated heterocycles. The number of rotatable bonds is 8. The van der Waals surface area contributed by atoms with E-state index in [0.717, 1.165) is 10.5 Å². The molecule has 0 aliphatic rings. The van der Waals surface area contributed by atoms with Gasteiger partial charge in [-0.25, -0.2) is 13.8 Å². The van der Waals surface area contributed by atoms with E-state index in [2.05, 4.69) is 10.5 Å². The lowest BCUT2D eigenvalue weighted by Crippen LogP contribution is -2.40. The number of nitrogens with zero attached hydrogens (tertiary/aromatic N) is 3. The van der Waals surface area contributed by atoms with Crippen LogP contribution in [0.15, 0.2) is 88.9 Å². The van der Waals surface area contributed by atoms with E-state index in [1.54, 1.807) is 55.5 Å². The van der Waals surface area contributed by atoms with Crippen LogP contribution in [0.3, 0.4) is 0 Å². The van der Waals surface area contributed by atoms with Gasteiger partial charge in [-0.05, 0) is 36.8 Å². The van der Waals surface area contributed by atoms with Crippen LogP contribution in [0.4, 0.5) is 11.4 Å². The fourth-order valence-corrected chi connectivity index (χ4v) is 4.47. The third-order valence-corrected chi connectivity index (χ3v) is 6.30. The average Bonchev–Trinajstić information content (AvgIpc) is 2.79. The van der Waals surface area contributed by atoms with Crippen molar-refractivity contribution in [2.75, 3.05) is 10.8 Å². The third kappa shape index (κ3) is 5.16. The molecule has 3 aromatic carbocycles. The highest BCUT2D eigenvalue weighted by atomic mass is 32.2. The Hall–Kier alpha value is -4.05. The van der Waals surface area contributed by atoms with Crippen molar-refractivity contribution in [3.05, 3.63) is 100 Å². The second kappa shape index (κ2) is 9.84. The summed E-state index contributed by atoms with van der Waals surface area (Å²) in [7, 11) is -4.04. The number of nitro groups is 1. The Labute approximate surface area is 185 Å². The van der Waals surface area contributed by atoms with Gasteiger partial charge in [0, 0.05) is 6.07 Å². The standard InChI is InChI=1S/C22H20N4O5S/c1-17-9-5-7-13-20(17)25(32(30,31)19-11-3-2-4-12-19)16-22(27)24-23-15-18-10-6-8-14-21(18)26(28)29/h2-15H,16H2,1H3,(H,24,27)/b23-15+. The van der Waals surface area contributed by atoms with E-state index in [1.165, 1.54) is 30.3 Å². The minimum Gasteiger partial charge on any atom is -0.271 e. The van der Waals surface area contributed by atoms with Crippen LogP contribution in [0.1, 0.15) is 11.1 Å². The minimum atomic E-state index is -4.04. The van der Waals surface area contributed by atoms with Gasteiger partial charge in [-0.2, -0.15) is 5.10 Å². The topological polar surface area (TPSA) is 122 Å². The first-order valence-corrected chi connectivity index (χ1v) is 10.9. The van der Waals surface area contributed by atoms with Crippen LogP contribution in [0.2, 0.25) is 0 Å². The van der Waals surface area contributed by atoms with E-state index in [4.69, 9.17) is 0 Å². The lowest BCUT2D eigenvalue weighted by molar-refractivity contribution is -0.385. The van der Waals surface area contributed by atoms with Crippen molar-refractivity contribution in [1.82, 2.24) is 5.43 Å². The Morgan fingerprint density at radius 1 is 1.03 bits per heavy atom. The Bertz CT molecular complexity index is 1260. The normalized spacial score (nSPS) is 11.3. The summed E-state index contributed by atoms with van der Waals surface area (Å²) in [6.45, 7) is 1.21. The lowest BCUT2D eigenvalue weighted by Gasteiger charge is -2.25. The molecule has 1 amide bonds. The second-order valence-corrected chi connectivity index (χ2v) is 8.58. The molecule has 10 heteroatoms. The highest BCUT2D eigenvalue weighted by Crippen LogP contribution is 2.26. The number of hydrazone groups is 1. The molecule has 0 unspecified atom stereocenters. The third-order valence-electron chi connectivity index (χ3n) is 4.53. The van der Waals surface area contributed by atoms with Gasteiger partial charge in [0.05, 0.1) is 27.3 Å². The van der Waals surface area contributed by atoms with Gasteiger partial charge in [0.1, 0.15) is 6.54 Å². The Morgan fingerprint density at radius 3 is 2.34 bits per heavy atom. The second-order valence-electron chi connectivity index (χ2n) is 6.72. The smallest absolute Gasteiger partial charge is 0.271 e. The minimum absolute atomic E-state index is 0.0412. The lowest BCUT2D eigenvalue weighted by atomic mass is 10.2. The fraction of sp³-hybridized carbons (Fsp3) is 0.0909. The molecule has 9 nitrogen and oxygen atoms in total. The number of para-hydroxylation sites is 2. The van der Waals surface area contributed by atoms with E-state index < -0.39 is 27.4 Å². The summed E-state index contributed by atoms with van der Waals surface area (Å²) in [5.41, 5.74) is 3.30. The zero-order valence-corrected chi connectivity index (χ0v) is 17.9. The maximum atomic E-state index is 13.3. The quantitative estimate of drug-likeness (QED) is 0.319. The first-order chi connectivity index (χ1) is 15.3. The number of amides is 1. The molecule has 0 saturated carbocycles. The highest BCUT2D eigenvalue weighted by Gasteiger charge is 2.28.